The second-order valence-electron chi connectivity index (χ2n) is 4.16. The summed E-state index contributed by atoms with van der Waals surface area (Å²) in [6, 6.07) is 0. The van der Waals surface area contributed by atoms with Crippen LogP contribution in [0, 0.1) is 10.1 Å². The van der Waals surface area contributed by atoms with Gasteiger partial charge < -0.3 is 9.94 Å². The fraction of sp³-hybridized carbons (Fsp3) is 0.700. The Labute approximate surface area is 104 Å². The first-order chi connectivity index (χ1) is 8.26. The maximum Gasteiger partial charge on any atom is 0.364 e. The molecule has 0 aliphatic heterocycles. The fourth-order valence-electron chi connectivity index (χ4n) is 1.04. The van der Waals surface area contributed by atoms with Crippen molar-refractivity contribution in [3.63, 3.8) is 0 Å². The predicted octanol–water partition coefficient (Wildman–Crippen LogP) is 0.784. The normalized spacial score (nSPS) is 12.1. The van der Waals surface area contributed by atoms with E-state index in [4.69, 9.17) is 5.21 Å². The van der Waals surface area contributed by atoms with Crippen LogP contribution in [-0.2, 0) is 14.3 Å². The Morgan fingerprint density at radius 1 is 1.44 bits per heavy atom. The molecule has 0 aromatic carbocycles. The number of ether oxygens (including phenoxy) is 1. The van der Waals surface area contributed by atoms with Gasteiger partial charge in [0, 0.05) is 31.6 Å². The molecule has 1 N–H and O–H groups in total. The number of nitro groups is 1. The van der Waals surface area contributed by atoms with Crippen molar-refractivity contribution >= 4 is 17.5 Å². The Morgan fingerprint density at radius 2 is 2.00 bits per heavy atom. The highest BCUT2D eigenvalue weighted by Crippen LogP contribution is 2.15. The van der Waals surface area contributed by atoms with E-state index < -0.39 is 27.9 Å². The molecule has 0 aromatic heterocycles. The molecule has 0 heterocycles. The van der Waals surface area contributed by atoms with Crippen LogP contribution in [-0.4, -0.2) is 39.7 Å². The Balaban J connectivity index is 4.58. The fourth-order valence-corrected chi connectivity index (χ4v) is 1.04. The Morgan fingerprint density at radius 3 is 2.39 bits per heavy atom. The zero-order valence-corrected chi connectivity index (χ0v) is 10.5. The topological polar surface area (TPSA) is 119 Å². The van der Waals surface area contributed by atoms with Crippen LogP contribution < -0.4 is 0 Å². The van der Waals surface area contributed by atoms with E-state index >= 15 is 0 Å². The van der Waals surface area contributed by atoms with E-state index in [1.807, 2.05) is 0 Å². The zero-order chi connectivity index (χ0) is 14.3. The van der Waals surface area contributed by atoms with Crippen molar-refractivity contribution in [2.24, 2.45) is 5.16 Å². The van der Waals surface area contributed by atoms with Gasteiger partial charge in [-0.3, -0.25) is 14.9 Å². The van der Waals surface area contributed by atoms with E-state index in [2.05, 4.69) is 9.89 Å². The molecular formula is C10H16N2O6. The number of oxime groups is 1. The highest BCUT2D eigenvalue weighted by Gasteiger charge is 2.33. The summed E-state index contributed by atoms with van der Waals surface area (Å²) >= 11 is 0. The molecule has 0 aromatic rings. The highest BCUT2D eigenvalue weighted by molar-refractivity contribution is 6.64. The van der Waals surface area contributed by atoms with Crippen molar-refractivity contribution in [1.82, 2.24) is 0 Å². The lowest BCUT2D eigenvalue weighted by Gasteiger charge is -2.14. The average Bonchev–Trinajstić information content (AvgIpc) is 2.27. The van der Waals surface area contributed by atoms with Gasteiger partial charge in [-0.2, -0.15) is 0 Å². The molecule has 0 rings (SSSR count). The molecule has 0 unspecified atom stereocenters. The Hall–Kier alpha value is -1.99. The number of carbonyl (C=O) groups is 2. The molecule has 8 nitrogen and oxygen atoms in total. The quantitative estimate of drug-likeness (QED) is 0.180. The summed E-state index contributed by atoms with van der Waals surface area (Å²) in [4.78, 5) is 32.9. The number of hydrogen-bond donors (Lipinski definition) is 1. The highest BCUT2D eigenvalue weighted by atomic mass is 16.6. The summed E-state index contributed by atoms with van der Waals surface area (Å²) in [5, 5.41) is 21.8. The molecule has 0 saturated heterocycles. The van der Waals surface area contributed by atoms with Crippen molar-refractivity contribution in [2.45, 2.75) is 39.2 Å². The van der Waals surface area contributed by atoms with Crippen LogP contribution >= 0.6 is 0 Å². The number of esters is 1. The van der Waals surface area contributed by atoms with Crippen LogP contribution in [0.25, 0.3) is 0 Å². The molecule has 0 aliphatic carbocycles. The van der Waals surface area contributed by atoms with Crippen LogP contribution in [0.3, 0.4) is 0 Å². The minimum Gasteiger partial charge on any atom is -0.461 e. The van der Waals surface area contributed by atoms with E-state index in [0.717, 1.165) is 0 Å². The summed E-state index contributed by atoms with van der Waals surface area (Å²) < 4.78 is 4.51. The largest absolute Gasteiger partial charge is 0.461 e. The molecule has 0 amide bonds. The van der Waals surface area contributed by atoms with Crippen molar-refractivity contribution in [3.05, 3.63) is 10.1 Å². The SMILES string of the molecule is CCOC(=O)C(=NO)C(=O)CCC(C)(C)[N+](=O)[O-]. The van der Waals surface area contributed by atoms with Crippen LogP contribution in [0.15, 0.2) is 5.16 Å². The van der Waals surface area contributed by atoms with Gasteiger partial charge in [-0.15, -0.1) is 0 Å². The second-order valence-corrected chi connectivity index (χ2v) is 4.16. The smallest absolute Gasteiger partial charge is 0.364 e. The Bertz CT molecular complexity index is 375. The molecule has 0 spiro atoms. The summed E-state index contributed by atoms with van der Waals surface area (Å²) in [6.07, 6.45) is -0.344. The maximum absolute atomic E-state index is 11.5. The van der Waals surface area contributed by atoms with Gasteiger partial charge in [0.05, 0.1) is 6.61 Å². The van der Waals surface area contributed by atoms with Gasteiger partial charge in [-0.05, 0) is 6.92 Å². The third kappa shape index (κ3) is 4.48. The van der Waals surface area contributed by atoms with Crippen LogP contribution in [0.1, 0.15) is 33.6 Å². The van der Waals surface area contributed by atoms with Crippen LogP contribution in [0.2, 0.25) is 0 Å². The van der Waals surface area contributed by atoms with E-state index in [1.54, 1.807) is 0 Å². The maximum atomic E-state index is 11.5. The molecule has 0 atom stereocenters. The molecule has 102 valence electrons. The lowest BCUT2D eigenvalue weighted by molar-refractivity contribution is -0.561. The minimum absolute atomic E-state index is 0.0333. The molecule has 18 heavy (non-hydrogen) atoms. The average molecular weight is 260 g/mol. The molecule has 0 saturated carbocycles. The van der Waals surface area contributed by atoms with Gasteiger partial charge in [-0.25, -0.2) is 4.79 Å². The van der Waals surface area contributed by atoms with Crippen molar-refractivity contribution in [1.29, 1.82) is 0 Å². The van der Waals surface area contributed by atoms with Gasteiger partial charge in [0.2, 0.25) is 11.3 Å². The first-order valence-electron chi connectivity index (χ1n) is 5.33. The summed E-state index contributed by atoms with van der Waals surface area (Å²) in [5.41, 5.74) is -2.03. The van der Waals surface area contributed by atoms with E-state index in [1.165, 1.54) is 20.8 Å². The van der Waals surface area contributed by atoms with Crippen LogP contribution in [0.4, 0.5) is 0 Å². The Kier molecular flexibility index (Phi) is 5.94. The standard InChI is InChI=1S/C10H16N2O6/c1-4-18-9(14)8(11-15)7(13)5-6-10(2,3)12(16)17/h15H,4-6H2,1-3H3. The van der Waals surface area contributed by atoms with Crippen molar-refractivity contribution in [2.75, 3.05) is 6.61 Å². The number of ketones is 1. The molecule has 0 bridgehead atoms. The summed E-state index contributed by atoms with van der Waals surface area (Å²) in [7, 11) is 0. The first kappa shape index (κ1) is 16.0. The van der Waals surface area contributed by atoms with Gasteiger partial charge in [0.15, 0.2) is 5.78 Å². The molecule has 0 fully saturated rings. The number of rotatable bonds is 7. The van der Waals surface area contributed by atoms with Gasteiger partial charge in [0.1, 0.15) is 0 Å². The third-order valence-corrected chi connectivity index (χ3v) is 2.29. The van der Waals surface area contributed by atoms with Gasteiger partial charge >= 0.3 is 5.97 Å². The zero-order valence-electron chi connectivity index (χ0n) is 10.5. The van der Waals surface area contributed by atoms with E-state index in [0.29, 0.717) is 0 Å². The van der Waals surface area contributed by atoms with Crippen molar-refractivity contribution in [3.8, 4) is 0 Å². The lowest BCUT2D eigenvalue weighted by Crippen LogP contribution is -2.33. The predicted molar refractivity (Wildman–Crippen MR) is 61.2 cm³/mol. The van der Waals surface area contributed by atoms with Gasteiger partial charge in [0.25, 0.3) is 0 Å². The monoisotopic (exact) mass is 260 g/mol. The molecule has 0 radical (unpaired) electrons. The first-order valence-corrected chi connectivity index (χ1v) is 5.33. The molecular weight excluding hydrogens is 244 g/mol. The van der Waals surface area contributed by atoms with E-state index in [-0.39, 0.29) is 19.4 Å². The van der Waals surface area contributed by atoms with Crippen LogP contribution in [0.5, 0.6) is 0 Å². The lowest BCUT2D eigenvalue weighted by atomic mass is 9.96. The number of carbonyl (C=O) groups excluding carboxylic acids is 2. The minimum atomic E-state index is -1.29. The van der Waals surface area contributed by atoms with Gasteiger partial charge in [-0.1, -0.05) is 5.16 Å². The number of hydrogen-bond acceptors (Lipinski definition) is 7. The molecule has 0 aliphatic rings. The molecule has 8 heteroatoms. The second kappa shape index (κ2) is 6.67. The third-order valence-electron chi connectivity index (χ3n) is 2.29. The summed E-state index contributed by atoms with van der Waals surface area (Å²) in [6.45, 7) is 4.29. The van der Waals surface area contributed by atoms with E-state index in [9.17, 15) is 19.7 Å². The number of nitrogens with zero attached hydrogens (tertiary/aromatic N) is 2. The summed E-state index contributed by atoms with van der Waals surface area (Å²) in [5.74, 6) is -1.82. The van der Waals surface area contributed by atoms with Crippen molar-refractivity contribution < 1.29 is 24.5 Å². The number of Topliss-reactive ketones (excluding diaryl/α,β-unsaturated/α-hetero) is 1.